The summed E-state index contributed by atoms with van der Waals surface area (Å²) < 4.78 is 17.5. The molecule has 1 rings (SSSR count). The van der Waals surface area contributed by atoms with E-state index in [0.29, 0.717) is 24.6 Å². The Bertz CT molecular complexity index is 333. The fraction of sp³-hybridized carbons (Fsp3) is 0.538. The monoisotopic (exact) mass is 259 g/mol. The van der Waals surface area contributed by atoms with E-state index in [-0.39, 0.29) is 6.67 Å². The fourth-order valence-electron chi connectivity index (χ4n) is 1.47. The van der Waals surface area contributed by atoms with Crippen molar-refractivity contribution >= 4 is 11.6 Å². The number of halogens is 2. The van der Waals surface area contributed by atoms with Crippen molar-refractivity contribution < 1.29 is 9.13 Å². The number of nitrogens with one attached hydrogen (secondary N) is 1. The molecule has 0 aromatic heterocycles. The lowest BCUT2D eigenvalue weighted by Gasteiger charge is -2.13. The molecule has 0 aliphatic rings. The van der Waals surface area contributed by atoms with E-state index in [1.807, 2.05) is 18.2 Å². The highest BCUT2D eigenvalue weighted by Gasteiger charge is 2.07. The molecule has 0 aliphatic heterocycles. The van der Waals surface area contributed by atoms with Crippen LogP contribution in [0.4, 0.5) is 4.39 Å². The van der Waals surface area contributed by atoms with E-state index < -0.39 is 0 Å². The highest BCUT2D eigenvalue weighted by molar-refractivity contribution is 6.31. The maximum Gasteiger partial charge on any atom is 0.125 e. The van der Waals surface area contributed by atoms with Gasteiger partial charge in [0.05, 0.1) is 13.3 Å². The first kappa shape index (κ1) is 14.3. The SMILES string of the molecule is CCCNCc1c(Cl)cccc1OCCCF. The summed E-state index contributed by atoms with van der Waals surface area (Å²) in [5.41, 5.74) is 0.946. The van der Waals surface area contributed by atoms with Crippen LogP contribution in [0.5, 0.6) is 5.75 Å². The molecule has 0 aliphatic carbocycles. The van der Waals surface area contributed by atoms with Crippen LogP contribution in [0, 0.1) is 0 Å². The Labute approximate surface area is 107 Å². The molecule has 0 bridgehead atoms. The molecule has 0 saturated heterocycles. The highest BCUT2D eigenvalue weighted by atomic mass is 35.5. The summed E-state index contributed by atoms with van der Waals surface area (Å²) in [7, 11) is 0. The van der Waals surface area contributed by atoms with Gasteiger partial charge in [0.2, 0.25) is 0 Å². The van der Waals surface area contributed by atoms with Crippen molar-refractivity contribution in [3.8, 4) is 5.75 Å². The zero-order valence-electron chi connectivity index (χ0n) is 10.1. The quantitative estimate of drug-likeness (QED) is 0.721. The van der Waals surface area contributed by atoms with Crippen LogP contribution in [0.2, 0.25) is 5.02 Å². The molecule has 1 N–H and O–H groups in total. The summed E-state index contributed by atoms with van der Waals surface area (Å²) in [5, 5.41) is 3.97. The largest absolute Gasteiger partial charge is 0.493 e. The molecule has 0 atom stereocenters. The second-order valence-electron chi connectivity index (χ2n) is 3.78. The third-order valence-corrected chi connectivity index (χ3v) is 2.69. The van der Waals surface area contributed by atoms with Gasteiger partial charge in [0, 0.05) is 23.6 Å². The van der Waals surface area contributed by atoms with Crippen LogP contribution < -0.4 is 10.1 Å². The Morgan fingerprint density at radius 1 is 1.41 bits per heavy atom. The van der Waals surface area contributed by atoms with E-state index in [0.717, 1.165) is 24.3 Å². The van der Waals surface area contributed by atoms with Crippen molar-refractivity contribution in [1.29, 1.82) is 0 Å². The Morgan fingerprint density at radius 3 is 2.94 bits per heavy atom. The topological polar surface area (TPSA) is 21.3 Å². The van der Waals surface area contributed by atoms with Gasteiger partial charge in [0.25, 0.3) is 0 Å². The molecule has 17 heavy (non-hydrogen) atoms. The number of hydrogen-bond donors (Lipinski definition) is 1. The second kappa shape index (κ2) is 8.31. The molecule has 0 saturated carbocycles. The third kappa shape index (κ3) is 4.92. The Balaban J connectivity index is 2.63. The van der Waals surface area contributed by atoms with Crippen molar-refractivity contribution in [3.05, 3.63) is 28.8 Å². The molecule has 4 heteroatoms. The van der Waals surface area contributed by atoms with Crippen molar-refractivity contribution in [2.24, 2.45) is 0 Å². The standard InChI is InChI=1S/C13H19ClFNO/c1-2-8-16-10-11-12(14)5-3-6-13(11)17-9-4-7-15/h3,5-6,16H,2,4,7-10H2,1H3. The van der Waals surface area contributed by atoms with Crippen LogP contribution in [-0.4, -0.2) is 19.8 Å². The van der Waals surface area contributed by atoms with Gasteiger partial charge in [-0.15, -0.1) is 0 Å². The van der Waals surface area contributed by atoms with Crippen molar-refractivity contribution in [3.63, 3.8) is 0 Å². The molecule has 1 aromatic carbocycles. The van der Waals surface area contributed by atoms with Gasteiger partial charge < -0.3 is 10.1 Å². The lowest BCUT2D eigenvalue weighted by atomic mass is 10.2. The molecule has 1 aromatic rings. The van der Waals surface area contributed by atoms with E-state index in [1.165, 1.54) is 0 Å². The van der Waals surface area contributed by atoms with E-state index in [4.69, 9.17) is 16.3 Å². The van der Waals surface area contributed by atoms with Gasteiger partial charge in [0.1, 0.15) is 5.75 Å². The molecule has 0 fully saturated rings. The lowest BCUT2D eigenvalue weighted by molar-refractivity contribution is 0.286. The number of ether oxygens (including phenoxy) is 1. The minimum Gasteiger partial charge on any atom is -0.493 e. The minimum absolute atomic E-state index is 0.357. The van der Waals surface area contributed by atoms with Crippen molar-refractivity contribution in [2.75, 3.05) is 19.8 Å². The molecule has 0 spiro atoms. The lowest BCUT2D eigenvalue weighted by Crippen LogP contribution is -2.15. The smallest absolute Gasteiger partial charge is 0.125 e. The molecule has 0 radical (unpaired) electrons. The molecular formula is C13H19ClFNO. The average molecular weight is 260 g/mol. The van der Waals surface area contributed by atoms with Gasteiger partial charge >= 0.3 is 0 Å². The summed E-state index contributed by atoms with van der Waals surface area (Å²) in [6.45, 7) is 3.76. The van der Waals surface area contributed by atoms with E-state index in [1.54, 1.807) is 0 Å². The molecule has 2 nitrogen and oxygen atoms in total. The van der Waals surface area contributed by atoms with Gasteiger partial charge in [-0.05, 0) is 25.1 Å². The first-order chi connectivity index (χ1) is 8.29. The summed E-state index contributed by atoms with van der Waals surface area (Å²) in [6.07, 6.45) is 1.48. The zero-order valence-corrected chi connectivity index (χ0v) is 10.9. The van der Waals surface area contributed by atoms with Gasteiger partial charge in [-0.3, -0.25) is 4.39 Å². The van der Waals surface area contributed by atoms with Gasteiger partial charge in [-0.1, -0.05) is 24.6 Å². The first-order valence-electron chi connectivity index (χ1n) is 5.96. The number of alkyl halides is 1. The first-order valence-corrected chi connectivity index (χ1v) is 6.34. The Morgan fingerprint density at radius 2 is 2.24 bits per heavy atom. The number of benzene rings is 1. The van der Waals surface area contributed by atoms with Crippen LogP contribution in [0.3, 0.4) is 0 Å². The number of rotatable bonds is 8. The van der Waals surface area contributed by atoms with E-state index >= 15 is 0 Å². The maximum atomic E-state index is 12.0. The molecular weight excluding hydrogens is 241 g/mol. The second-order valence-corrected chi connectivity index (χ2v) is 4.19. The van der Waals surface area contributed by atoms with Crippen molar-refractivity contribution in [2.45, 2.75) is 26.3 Å². The fourth-order valence-corrected chi connectivity index (χ4v) is 1.71. The van der Waals surface area contributed by atoms with Crippen LogP contribution >= 0.6 is 11.6 Å². The predicted molar refractivity (Wildman–Crippen MR) is 69.5 cm³/mol. The van der Waals surface area contributed by atoms with Gasteiger partial charge in [0.15, 0.2) is 0 Å². The predicted octanol–water partition coefficient (Wildman–Crippen LogP) is 3.58. The van der Waals surface area contributed by atoms with Gasteiger partial charge in [-0.2, -0.15) is 0 Å². The molecule has 0 amide bonds. The summed E-state index contributed by atoms with van der Waals surface area (Å²) in [6, 6.07) is 5.55. The van der Waals surface area contributed by atoms with Crippen LogP contribution in [0.25, 0.3) is 0 Å². The summed E-state index contributed by atoms with van der Waals surface area (Å²) >= 11 is 6.13. The molecule has 0 heterocycles. The minimum atomic E-state index is -0.357. The van der Waals surface area contributed by atoms with Gasteiger partial charge in [-0.25, -0.2) is 0 Å². The van der Waals surface area contributed by atoms with Crippen LogP contribution in [0.1, 0.15) is 25.3 Å². The summed E-state index contributed by atoms with van der Waals surface area (Å²) in [4.78, 5) is 0. The molecule has 96 valence electrons. The normalized spacial score (nSPS) is 10.5. The highest BCUT2D eigenvalue weighted by Crippen LogP contribution is 2.26. The average Bonchev–Trinajstić information content (AvgIpc) is 2.33. The van der Waals surface area contributed by atoms with Crippen molar-refractivity contribution in [1.82, 2.24) is 5.32 Å². The van der Waals surface area contributed by atoms with E-state index in [9.17, 15) is 4.39 Å². The Kier molecular flexibility index (Phi) is 6.97. The van der Waals surface area contributed by atoms with Crippen LogP contribution in [-0.2, 0) is 6.54 Å². The number of hydrogen-bond acceptors (Lipinski definition) is 2. The zero-order chi connectivity index (χ0) is 12.5. The maximum absolute atomic E-state index is 12.0. The van der Waals surface area contributed by atoms with Crippen LogP contribution in [0.15, 0.2) is 18.2 Å². The molecule has 0 unspecified atom stereocenters. The third-order valence-electron chi connectivity index (χ3n) is 2.34. The van der Waals surface area contributed by atoms with E-state index in [2.05, 4.69) is 12.2 Å². The Hall–Kier alpha value is -0.800. The summed E-state index contributed by atoms with van der Waals surface area (Å²) in [5.74, 6) is 0.745.